The molecule has 1 N–H and O–H groups in total. The molecule has 4 nitrogen and oxygen atoms in total. The van der Waals surface area contributed by atoms with Crippen LogP contribution in [0.4, 0.5) is 0 Å². The van der Waals surface area contributed by atoms with E-state index in [1.807, 2.05) is 48.5 Å². The Bertz CT molecular complexity index is 859. The minimum atomic E-state index is -0.976. The molecule has 118 valence electrons. The normalized spacial score (nSPS) is 12.1. The van der Waals surface area contributed by atoms with Crippen molar-refractivity contribution in [3.63, 3.8) is 0 Å². The van der Waals surface area contributed by atoms with Gasteiger partial charge in [0.05, 0.1) is 23.5 Å². The van der Waals surface area contributed by atoms with Crippen molar-refractivity contribution in [3.8, 4) is 28.3 Å². The van der Waals surface area contributed by atoms with Crippen LogP contribution in [0.5, 0.6) is 5.75 Å². The van der Waals surface area contributed by atoms with Crippen molar-refractivity contribution in [1.29, 1.82) is 0 Å². The number of nitrogens with one attached hydrogen (secondary N) is 1. The quantitative estimate of drug-likeness (QED) is 0.772. The van der Waals surface area contributed by atoms with Gasteiger partial charge in [0.2, 0.25) is 0 Å². The molecule has 0 spiro atoms. The van der Waals surface area contributed by atoms with Gasteiger partial charge in [0.1, 0.15) is 5.75 Å². The van der Waals surface area contributed by atoms with Gasteiger partial charge in [0.15, 0.2) is 0 Å². The third-order valence-corrected chi connectivity index (χ3v) is 4.75. The Balaban J connectivity index is 1.91. The molecule has 0 aliphatic heterocycles. The van der Waals surface area contributed by atoms with Gasteiger partial charge < -0.3 is 4.74 Å². The highest BCUT2D eigenvalue weighted by Crippen LogP contribution is 2.31. The van der Waals surface area contributed by atoms with Crippen LogP contribution in [0, 0.1) is 0 Å². The Hall–Kier alpha value is -2.11. The number of hydrogen-bond donors (Lipinski definition) is 1. The van der Waals surface area contributed by atoms with Gasteiger partial charge in [-0.3, -0.25) is 9.31 Å². The summed E-state index contributed by atoms with van der Waals surface area (Å²) in [5, 5.41) is 7.90. The van der Waals surface area contributed by atoms with E-state index in [1.165, 1.54) is 0 Å². The molecule has 1 unspecified atom stereocenters. The molecule has 0 amide bonds. The highest BCUT2D eigenvalue weighted by atomic mass is 35.5. The first kappa shape index (κ1) is 15.8. The maximum Gasteiger partial charge on any atom is 0.137 e. The first-order chi connectivity index (χ1) is 11.1. The van der Waals surface area contributed by atoms with Gasteiger partial charge in [-0.2, -0.15) is 5.10 Å². The van der Waals surface area contributed by atoms with E-state index >= 15 is 0 Å². The molecule has 1 aromatic heterocycles. The molecular weight excluding hydrogens is 332 g/mol. The first-order valence-electron chi connectivity index (χ1n) is 6.91. The van der Waals surface area contributed by atoms with E-state index in [4.69, 9.17) is 16.3 Å². The molecule has 0 saturated carbocycles. The van der Waals surface area contributed by atoms with Crippen LogP contribution >= 0.6 is 11.6 Å². The second-order valence-electron chi connectivity index (χ2n) is 4.99. The lowest BCUT2D eigenvalue weighted by Crippen LogP contribution is -1.86. The zero-order chi connectivity index (χ0) is 16.4. The monoisotopic (exact) mass is 346 g/mol. The molecule has 0 radical (unpaired) electrons. The van der Waals surface area contributed by atoms with Crippen LogP contribution in [0.1, 0.15) is 0 Å². The van der Waals surface area contributed by atoms with Gasteiger partial charge in [-0.15, -0.1) is 0 Å². The fraction of sp³-hybridized carbons (Fsp3) is 0.118. The van der Waals surface area contributed by atoms with Crippen molar-refractivity contribution < 1.29 is 8.95 Å². The van der Waals surface area contributed by atoms with E-state index in [-0.39, 0.29) is 0 Å². The maximum absolute atomic E-state index is 11.4. The van der Waals surface area contributed by atoms with Crippen molar-refractivity contribution in [2.24, 2.45) is 0 Å². The predicted molar refractivity (Wildman–Crippen MR) is 93.4 cm³/mol. The zero-order valence-electron chi connectivity index (χ0n) is 12.7. The average Bonchev–Trinajstić information content (AvgIpc) is 3.05. The van der Waals surface area contributed by atoms with Crippen LogP contribution in [0.3, 0.4) is 0 Å². The smallest absolute Gasteiger partial charge is 0.137 e. The Morgan fingerprint density at radius 2 is 1.78 bits per heavy atom. The Morgan fingerprint density at radius 3 is 2.39 bits per heavy atom. The van der Waals surface area contributed by atoms with Crippen molar-refractivity contribution >= 4 is 22.4 Å². The second kappa shape index (κ2) is 6.56. The molecular formula is C17H15ClN2O2S. The zero-order valence-corrected chi connectivity index (χ0v) is 14.2. The third kappa shape index (κ3) is 3.30. The number of H-pyrrole nitrogens is 1. The van der Waals surface area contributed by atoms with Gasteiger partial charge in [-0.25, -0.2) is 0 Å². The molecule has 6 heteroatoms. The molecule has 0 fully saturated rings. The van der Waals surface area contributed by atoms with Crippen LogP contribution in [0.2, 0.25) is 5.02 Å². The van der Waals surface area contributed by atoms with E-state index in [0.29, 0.717) is 10.8 Å². The summed E-state index contributed by atoms with van der Waals surface area (Å²) in [6, 6.07) is 15.1. The summed E-state index contributed by atoms with van der Waals surface area (Å²) in [6.07, 6.45) is 1.66. The standard InChI is InChI=1S/C17H15ClN2O2S/c1-22-17-8-5-12(9-14(17)18)16-10-15(19-20-16)11-3-6-13(7-4-11)23(2)21/h3-10H,1-2H3,(H,19,20). The molecule has 2 aromatic carbocycles. The number of aromatic amines is 1. The maximum atomic E-state index is 11.4. The molecule has 1 heterocycles. The topological polar surface area (TPSA) is 55.0 Å². The van der Waals surface area contributed by atoms with Crippen LogP contribution in [0.15, 0.2) is 53.4 Å². The van der Waals surface area contributed by atoms with Crippen molar-refractivity contribution in [3.05, 3.63) is 53.6 Å². The van der Waals surface area contributed by atoms with E-state index < -0.39 is 10.8 Å². The van der Waals surface area contributed by atoms with Crippen LogP contribution < -0.4 is 4.74 Å². The number of halogens is 1. The summed E-state index contributed by atoms with van der Waals surface area (Å²) in [6.45, 7) is 0. The highest BCUT2D eigenvalue weighted by Gasteiger charge is 2.09. The lowest BCUT2D eigenvalue weighted by atomic mass is 10.1. The third-order valence-electron chi connectivity index (χ3n) is 3.52. The van der Waals surface area contributed by atoms with Crippen LogP contribution in [-0.4, -0.2) is 27.8 Å². The number of hydrogen-bond acceptors (Lipinski definition) is 3. The average molecular weight is 347 g/mol. The Morgan fingerprint density at radius 1 is 1.09 bits per heavy atom. The Labute approximate surface area is 141 Å². The fourth-order valence-corrected chi connectivity index (χ4v) is 3.05. The van der Waals surface area contributed by atoms with Crippen LogP contribution in [-0.2, 0) is 10.8 Å². The minimum Gasteiger partial charge on any atom is -0.495 e. The van der Waals surface area contributed by atoms with Gasteiger partial charge in [0, 0.05) is 27.5 Å². The summed E-state index contributed by atoms with van der Waals surface area (Å²) < 4.78 is 16.6. The van der Waals surface area contributed by atoms with Gasteiger partial charge in [0.25, 0.3) is 0 Å². The summed E-state index contributed by atoms with van der Waals surface area (Å²) in [5.74, 6) is 0.634. The minimum absolute atomic E-state index is 0.546. The lowest BCUT2D eigenvalue weighted by Gasteiger charge is -2.03. The molecule has 23 heavy (non-hydrogen) atoms. The van der Waals surface area contributed by atoms with E-state index in [0.717, 1.165) is 27.4 Å². The summed E-state index contributed by atoms with van der Waals surface area (Å²) in [7, 11) is 0.607. The highest BCUT2D eigenvalue weighted by molar-refractivity contribution is 7.84. The van der Waals surface area contributed by atoms with E-state index in [9.17, 15) is 4.21 Å². The molecule has 0 saturated heterocycles. The number of rotatable bonds is 4. The SMILES string of the molecule is COc1ccc(-c2cc(-c3ccc(S(C)=O)cc3)[nH]n2)cc1Cl. The second-order valence-corrected chi connectivity index (χ2v) is 6.78. The summed E-state index contributed by atoms with van der Waals surface area (Å²) in [4.78, 5) is 0.801. The molecule has 1 atom stereocenters. The van der Waals surface area contributed by atoms with E-state index in [2.05, 4.69) is 10.2 Å². The number of aromatic nitrogens is 2. The van der Waals surface area contributed by atoms with Crippen molar-refractivity contribution in [1.82, 2.24) is 10.2 Å². The predicted octanol–water partition coefficient (Wildman–Crippen LogP) is 4.14. The molecule has 0 bridgehead atoms. The van der Waals surface area contributed by atoms with Crippen molar-refractivity contribution in [2.75, 3.05) is 13.4 Å². The Kier molecular flexibility index (Phi) is 4.50. The van der Waals surface area contributed by atoms with Crippen LogP contribution in [0.25, 0.3) is 22.5 Å². The lowest BCUT2D eigenvalue weighted by molar-refractivity contribution is 0.415. The fourth-order valence-electron chi connectivity index (χ4n) is 2.27. The largest absolute Gasteiger partial charge is 0.495 e. The first-order valence-corrected chi connectivity index (χ1v) is 8.85. The van der Waals surface area contributed by atoms with Gasteiger partial charge >= 0.3 is 0 Å². The number of ether oxygens (including phenoxy) is 1. The number of methoxy groups -OCH3 is 1. The number of nitrogens with zero attached hydrogens (tertiary/aromatic N) is 1. The van der Waals surface area contributed by atoms with Gasteiger partial charge in [-0.05, 0) is 42.0 Å². The molecule has 0 aliphatic carbocycles. The number of benzene rings is 2. The summed E-state index contributed by atoms with van der Waals surface area (Å²) in [5.41, 5.74) is 3.58. The summed E-state index contributed by atoms with van der Waals surface area (Å²) >= 11 is 6.16. The molecule has 0 aliphatic rings. The van der Waals surface area contributed by atoms with Crippen molar-refractivity contribution in [2.45, 2.75) is 4.90 Å². The van der Waals surface area contributed by atoms with Gasteiger partial charge in [-0.1, -0.05) is 23.7 Å². The van der Waals surface area contributed by atoms with E-state index in [1.54, 1.807) is 13.4 Å². The molecule has 3 rings (SSSR count). The molecule has 3 aromatic rings.